The maximum absolute atomic E-state index is 12.8. The number of thiocarbonyl (C=S) groups is 1. The molecule has 1 saturated heterocycles. The fourth-order valence-corrected chi connectivity index (χ4v) is 3.66. The Morgan fingerprint density at radius 3 is 2.61 bits per heavy atom. The Kier molecular flexibility index (Phi) is 4.13. The first-order valence-electron chi connectivity index (χ1n) is 7.34. The van der Waals surface area contributed by atoms with Crippen LogP contribution in [0.25, 0.3) is 0 Å². The fraction of sp³-hybridized carbons (Fsp3) is 0.438. The van der Waals surface area contributed by atoms with Crippen LogP contribution in [0, 0.1) is 11.3 Å². The molecule has 2 aliphatic rings. The second-order valence-electron chi connectivity index (χ2n) is 6.04. The van der Waals surface area contributed by atoms with Crippen molar-refractivity contribution in [2.45, 2.75) is 36.8 Å². The van der Waals surface area contributed by atoms with E-state index in [1.165, 1.54) is 0 Å². The molecule has 23 heavy (non-hydrogen) atoms. The first-order valence-corrected chi connectivity index (χ1v) is 7.75. The van der Waals surface area contributed by atoms with E-state index in [1.807, 2.05) is 12.2 Å². The van der Waals surface area contributed by atoms with Crippen molar-refractivity contribution < 1.29 is 8.78 Å². The number of nitrogens with zero attached hydrogens (tertiary/aromatic N) is 3. The number of hydrogen-bond donors (Lipinski definition) is 1. The summed E-state index contributed by atoms with van der Waals surface area (Å²) in [7, 11) is 0. The van der Waals surface area contributed by atoms with Crippen LogP contribution in [0.5, 0.6) is 0 Å². The van der Waals surface area contributed by atoms with Gasteiger partial charge in [-0.15, -0.1) is 0 Å². The van der Waals surface area contributed by atoms with E-state index in [-0.39, 0.29) is 23.6 Å². The lowest BCUT2D eigenvalue weighted by molar-refractivity contribution is 0.0381. The molecule has 2 N–H and O–H groups in total. The number of halogens is 2. The first-order chi connectivity index (χ1) is 10.9. The highest BCUT2D eigenvalue weighted by Gasteiger charge is 2.48. The lowest BCUT2D eigenvalue weighted by Gasteiger charge is -2.43. The molecular weight excluding hydrogens is 318 g/mol. The molecule has 120 valence electrons. The van der Waals surface area contributed by atoms with Crippen molar-refractivity contribution in [2.24, 2.45) is 5.73 Å². The molecule has 3 heterocycles. The normalized spacial score (nSPS) is 29.7. The lowest BCUT2D eigenvalue weighted by Crippen LogP contribution is -2.51. The van der Waals surface area contributed by atoms with E-state index in [0.29, 0.717) is 18.4 Å². The Bertz CT molecular complexity index is 682. The lowest BCUT2D eigenvalue weighted by atomic mass is 9.71. The van der Waals surface area contributed by atoms with Gasteiger partial charge in [0.05, 0.1) is 18.0 Å². The number of fused-ring (bicyclic) bond motifs is 2. The minimum atomic E-state index is -2.38. The molecule has 0 aromatic carbocycles. The summed E-state index contributed by atoms with van der Waals surface area (Å²) in [5, 5.41) is 9.82. The van der Waals surface area contributed by atoms with E-state index in [2.05, 4.69) is 11.1 Å². The Morgan fingerprint density at radius 1 is 1.43 bits per heavy atom. The third kappa shape index (κ3) is 2.84. The van der Waals surface area contributed by atoms with Gasteiger partial charge in [-0.25, -0.2) is 8.78 Å². The predicted molar refractivity (Wildman–Crippen MR) is 86.1 cm³/mol. The molecule has 1 aromatic rings. The fourth-order valence-electron chi connectivity index (χ4n) is 3.55. The smallest absolute Gasteiger partial charge is 0.251 e. The molecule has 4 nitrogen and oxygen atoms in total. The molecular formula is C16H16F2N4S. The zero-order chi connectivity index (χ0) is 16.6. The molecule has 3 atom stereocenters. The minimum absolute atomic E-state index is 0.157. The molecule has 2 bridgehead atoms. The van der Waals surface area contributed by atoms with Crippen molar-refractivity contribution in [1.82, 2.24) is 9.88 Å². The second kappa shape index (κ2) is 5.95. The summed E-state index contributed by atoms with van der Waals surface area (Å²) in [6.45, 7) is -0.269. The molecule has 2 aliphatic heterocycles. The number of hydrogen-bond acceptors (Lipinski definition) is 4. The van der Waals surface area contributed by atoms with Crippen molar-refractivity contribution in [3.8, 4) is 6.07 Å². The molecule has 0 aliphatic carbocycles. The van der Waals surface area contributed by atoms with Crippen LogP contribution in [0.4, 0.5) is 8.78 Å². The van der Waals surface area contributed by atoms with Gasteiger partial charge in [-0.1, -0.05) is 24.4 Å². The summed E-state index contributed by atoms with van der Waals surface area (Å²) in [6.07, 6.45) is 5.61. The number of aromatic nitrogens is 1. The third-order valence-corrected chi connectivity index (χ3v) is 4.90. The third-order valence-electron chi connectivity index (χ3n) is 4.66. The Morgan fingerprint density at radius 2 is 2.09 bits per heavy atom. The largest absolute Gasteiger partial charge is 0.389 e. The first kappa shape index (κ1) is 16.0. The van der Waals surface area contributed by atoms with Crippen LogP contribution in [-0.2, 0) is 5.41 Å². The number of pyridine rings is 1. The predicted octanol–water partition coefficient (Wildman–Crippen LogP) is 2.15. The standard InChI is InChI=1S/C16H16F2N4S/c17-14(18)8-22-12-1-2-13(22)5-16(4-12,9-19)11-3-10(15(20)23)6-21-7-11/h1-3,6-7,12-14H,4-5,8H2,(H2,20,23)/t12-,13+,16-. The topological polar surface area (TPSA) is 65.9 Å². The average Bonchev–Trinajstić information content (AvgIpc) is 2.77. The van der Waals surface area contributed by atoms with Gasteiger partial charge >= 0.3 is 0 Å². The quantitative estimate of drug-likeness (QED) is 0.675. The number of alkyl halides is 2. The number of nitriles is 1. The van der Waals surface area contributed by atoms with Crippen molar-refractivity contribution in [2.75, 3.05) is 6.54 Å². The molecule has 0 unspecified atom stereocenters. The number of rotatable bonds is 4. The summed E-state index contributed by atoms with van der Waals surface area (Å²) in [5.74, 6) is 0. The van der Waals surface area contributed by atoms with Crippen LogP contribution in [0.1, 0.15) is 24.0 Å². The summed E-state index contributed by atoms with van der Waals surface area (Å²) >= 11 is 4.97. The summed E-state index contributed by atoms with van der Waals surface area (Å²) in [5.41, 5.74) is 6.25. The molecule has 1 aromatic heterocycles. The van der Waals surface area contributed by atoms with E-state index in [9.17, 15) is 14.0 Å². The van der Waals surface area contributed by atoms with Crippen molar-refractivity contribution in [3.63, 3.8) is 0 Å². The highest BCUT2D eigenvalue weighted by Crippen LogP contribution is 2.44. The number of nitrogens with two attached hydrogens (primary N) is 1. The zero-order valence-corrected chi connectivity index (χ0v) is 13.1. The summed E-state index contributed by atoms with van der Waals surface area (Å²) in [4.78, 5) is 6.13. The van der Waals surface area contributed by atoms with Crippen LogP contribution >= 0.6 is 12.2 Å². The Labute approximate surface area is 138 Å². The van der Waals surface area contributed by atoms with Crippen molar-refractivity contribution in [1.29, 1.82) is 5.26 Å². The van der Waals surface area contributed by atoms with Gasteiger partial charge in [0.25, 0.3) is 6.43 Å². The van der Waals surface area contributed by atoms with Gasteiger partial charge in [-0.05, 0) is 24.5 Å². The van der Waals surface area contributed by atoms with E-state index in [1.54, 1.807) is 23.4 Å². The van der Waals surface area contributed by atoms with Crippen LogP contribution < -0.4 is 5.73 Å². The molecule has 7 heteroatoms. The molecule has 0 radical (unpaired) electrons. The molecule has 0 amide bonds. The van der Waals surface area contributed by atoms with E-state index >= 15 is 0 Å². The van der Waals surface area contributed by atoms with Crippen LogP contribution in [0.15, 0.2) is 30.6 Å². The Hall–Kier alpha value is -1.91. The van der Waals surface area contributed by atoms with Gasteiger partial charge in [0.2, 0.25) is 0 Å². The van der Waals surface area contributed by atoms with Gasteiger partial charge in [-0.2, -0.15) is 5.26 Å². The van der Waals surface area contributed by atoms with Crippen LogP contribution in [-0.4, -0.2) is 39.9 Å². The zero-order valence-electron chi connectivity index (χ0n) is 12.3. The van der Waals surface area contributed by atoms with Crippen molar-refractivity contribution >= 4 is 17.2 Å². The monoisotopic (exact) mass is 334 g/mol. The highest BCUT2D eigenvalue weighted by molar-refractivity contribution is 7.80. The maximum Gasteiger partial charge on any atom is 0.251 e. The molecule has 0 spiro atoms. The second-order valence-corrected chi connectivity index (χ2v) is 6.48. The average molecular weight is 334 g/mol. The highest BCUT2D eigenvalue weighted by atomic mass is 32.1. The number of piperidine rings is 1. The molecule has 1 fully saturated rings. The summed E-state index contributed by atoms with van der Waals surface area (Å²) in [6, 6.07) is 3.88. The van der Waals surface area contributed by atoms with Gasteiger partial charge in [0.1, 0.15) is 4.99 Å². The summed E-state index contributed by atoms with van der Waals surface area (Å²) < 4.78 is 25.5. The maximum atomic E-state index is 12.8. The van der Waals surface area contributed by atoms with E-state index in [0.717, 1.165) is 5.56 Å². The van der Waals surface area contributed by atoms with Gasteiger partial charge < -0.3 is 5.73 Å². The van der Waals surface area contributed by atoms with Gasteiger partial charge in [0.15, 0.2) is 0 Å². The van der Waals surface area contributed by atoms with Crippen molar-refractivity contribution in [3.05, 3.63) is 41.7 Å². The SMILES string of the molecule is N#C[C@@]1(c2cncc(C(N)=S)c2)C[C@H]2C=C[C@@H](C1)N2CC(F)F. The van der Waals surface area contributed by atoms with E-state index < -0.39 is 11.8 Å². The van der Waals surface area contributed by atoms with E-state index in [4.69, 9.17) is 18.0 Å². The van der Waals surface area contributed by atoms with Crippen LogP contribution in [0.2, 0.25) is 0 Å². The van der Waals surface area contributed by atoms with Crippen LogP contribution in [0.3, 0.4) is 0 Å². The molecule has 0 saturated carbocycles. The minimum Gasteiger partial charge on any atom is -0.389 e. The van der Waals surface area contributed by atoms with Gasteiger partial charge in [-0.3, -0.25) is 9.88 Å². The molecule has 3 rings (SSSR count). The Balaban J connectivity index is 1.92. The van der Waals surface area contributed by atoms with Gasteiger partial charge in [0, 0.05) is 30.0 Å².